The molecule has 0 N–H and O–H groups in total. The summed E-state index contributed by atoms with van der Waals surface area (Å²) in [5, 5.41) is 15.7. The molecular formula is C17H11N5O3. The van der Waals surface area contributed by atoms with Crippen molar-refractivity contribution in [1.29, 1.82) is 0 Å². The summed E-state index contributed by atoms with van der Waals surface area (Å²) >= 11 is 0. The lowest BCUT2D eigenvalue weighted by atomic mass is 10.3. The van der Waals surface area contributed by atoms with Crippen LogP contribution in [0.25, 0.3) is 16.7 Å². The van der Waals surface area contributed by atoms with Crippen LogP contribution in [0.3, 0.4) is 0 Å². The van der Waals surface area contributed by atoms with E-state index in [-0.39, 0.29) is 5.69 Å². The minimum absolute atomic E-state index is 0.00270. The van der Waals surface area contributed by atoms with Gasteiger partial charge in [0.1, 0.15) is 17.5 Å². The number of ether oxygens (including phenoxy) is 1. The van der Waals surface area contributed by atoms with Crippen molar-refractivity contribution in [2.24, 2.45) is 0 Å². The van der Waals surface area contributed by atoms with E-state index in [0.29, 0.717) is 22.7 Å². The van der Waals surface area contributed by atoms with E-state index in [4.69, 9.17) is 4.74 Å². The first kappa shape index (κ1) is 14.8. The van der Waals surface area contributed by atoms with Gasteiger partial charge >= 0.3 is 0 Å². The van der Waals surface area contributed by atoms with Crippen molar-refractivity contribution < 1.29 is 9.66 Å². The number of benzene rings is 2. The number of nitro benzene ring substituents is 1. The number of fused-ring (bicyclic) bond motifs is 1. The van der Waals surface area contributed by atoms with Crippen molar-refractivity contribution in [3.63, 3.8) is 0 Å². The zero-order valence-electron chi connectivity index (χ0n) is 12.8. The second-order valence-electron chi connectivity index (χ2n) is 5.16. The molecular weight excluding hydrogens is 322 g/mol. The van der Waals surface area contributed by atoms with Gasteiger partial charge in [-0.3, -0.25) is 10.1 Å². The third-order valence-electron chi connectivity index (χ3n) is 3.59. The summed E-state index contributed by atoms with van der Waals surface area (Å²) in [6.45, 7) is 0. The van der Waals surface area contributed by atoms with Crippen molar-refractivity contribution in [2.75, 3.05) is 0 Å². The zero-order chi connectivity index (χ0) is 17.2. The molecule has 0 aliphatic heterocycles. The average Bonchev–Trinajstić information content (AvgIpc) is 3.08. The van der Waals surface area contributed by atoms with Crippen LogP contribution in [0.5, 0.6) is 11.6 Å². The highest BCUT2D eigenvalue weighted by Crippen LogP contribution is 2.28. The van der Waals surface area contributed by atoms with Gasteiger partial charge in [-0.15, -0.1) is 0 Å². The summed E-state index contributed by atoms with van der Waals surface area (Å²) in [5.41, 5.74) is 1.48. The van der Waals surface area contributed by atoms with E-state index in [1.165, 1.54) is 30.6 Å². The Morgan fingerprint density at radius 3 is 2.48 bits per heavy atom. The molecule has 0 aliphatic rings. The minimum atomic E-state index is -0.462. The van der Waals surface area contributed by atoms with E-state index in [1.807, 2.05) is 30.3 Å². The van der Waals surface area contributed by atoms with Crippen LogP contribution in [0.1, 0.15) is 0 Å². The normalized spacial score (nSPS) is 10.7. The number of aromatic nitrogens is 4. The Labute approximate surface area is 141 Å². The van der Waals surface area contributed by atoms with Crippen LogP contribution in [-0.4, -0.2) is 24.7 Å². The lowest BCUT2D eigenvalue weighted by Crippen LogP contribution is -1.98. The lowest BCUT2D eigenvalue weighted by Gasteiger charge is -2.06. The van der Waals surface area contributed by atoms with Gasteiger partial charge in [0.05, 0.1) is 16.8 Å². The van der Waals surface area contributed by atoms with Crippen LogP contribution in [0.4, 0.5) is 5.69 Å². The van der Waals surface area contributed by atoms with Crippen LogP contribution < -0.4 is 4.74 Å². The third-order valence-corrected chi connectivity index (χ3v) is 3.59. The molecule has 0 bridgehead atoms. The Balaban J connectivity index is 1.71. The summed E-state index contributed by atoms with van der Waals surface area (Å²) < 4.78 is 7.44. The maximum atomic E-state index is 10.7. The molecule has 0 atom stereocenters. The Kier molecular flexibility index (Phi) is 3.55. The van der Waals surface area contributed by atoms with E-state index in [1.54, 1.807) is 10.9 Å². The largest absolute Gasteiger partial charge is 0.438 e. The molecule has 0 spiro atoms. The van der Waals surface area contributed by atoms with Crippen LogP contribution >= 0.6 is 0 Å². The van der Waals surface area contributed by atoms with Crippen molar-refractivity contribution >= 4 is 16.7 Å². The molecule has 0 aliphatic carbocycles. The average molecular weight is 333 g/mol. The Morgan fingerprint density at radius 2 is 1.76 bits per heavy atom. The SMILES string of the molecule is O=[N+]([O-])c1ccc(Oc2ncnc3c2cnn3-c2ccccc2)cc1. The van der Waals surface area contributed by atoms with Crippen molar-refractivity contribution in [1.82, 2.24) is 19.7 Å². The summed E-state index contributed by atoms with van der Waals surface area (Å²) in [4.78, 5) is 18.7. The van der Waals surface area contributed by atoms with E-state index in [2.05, 4.69) is 15.1 Å². The minimum Gasteiger partial charge on any atom is -0.438 e. The highest BCUT2D eigenvalue weighted by Gasteiger charge is 2.13. The van der Waals surface area contributed by atoms with Crippen molar-refractivity contribution in [2.45, 2.75) is 0 Å². The predicted octanol–water partition coefficient (Wildman–Crippen LogP) is 3.52. The maximum absolute atomic E-state index is 10.7. The fourth-order valence-electron chi connectivity index (χ4n) is 2.41. The standard InChI is InChI=1S/C17H11N5O3/c23-22(24)13-6-8-14(9-7-13)25-17-15-10-20-21(16(15)18-11-19-17)12-4-2-1-3-5-12/h1-11H. The number of nitro groups is 1. The molecule has 2 aromatic carbocycles. The Bertz CT molecular complexity index is 1050. The van der Waals surface area contributed by atoms with Gasteiger partial charge in [-0.05, 0) is 24.3 Å². The Morgan fingerprint density at radius 1 is 1.00 bits per heavy atom. The highest BCUT2D eigenvalue weighted by molar-refractivity contribution is 5.81. The van der Waals surface area contributed by atoms with Gasteiger partial charge in [-0.1, -0.05) is 18.2 Å². The predicted molar refractivity (Wildman–Crippen MR) is 89.8 cm³/mol. The molecule has 0 fully saturated rings. The molecule has 122 valence electrons. The van der Waals surface area contributed by atoms with Gasteiger partial charge in [0, 0.05) is 12.1 Å². The number of non-ortho nitro benzene ring substituents is 1. The Hall–Kier alpha value is -3.81. The van der Waals surface area contributed by atoms with Crippen LogP contribution in [0, 0.1) is 10.1 Å². The van der Waals surface area contributed by atoms with Gasteiger partial charge in [0.25, 0.3) is 5.69 Å². The van der Waals surface area contributed by atoms with Gasteiger partial charge in [-0.25, -0.2) is 14.6 Å². The fourth-order valence-corrected chi connectivity index (χ4v) is 2.41. The molecule has 0 amide bonds. The molecule has 2 aromatic heterocycles. The van der Waals surface area contributed by atoms with Gasteiger partial charge in [-0.2, -0.15) is 5.10 Å². The fraction of sp³-hybridized carbons (Fsp3) is 0. The van der Waals surface area contributed by atoms with Crippen LogP contribution in [0.15, 0.2) is 67.1 Å². The molecule has 0 saturated carbocycles. The summed E-state index contributed by atoms with van der Waals surface area (Å²) in [5.74, 6) is 0.777. The monoisotopic (exact) mass is 333 g/mol. The highest BCUT2D eigenvalue weighted by atomic mass is 16.6. The number of hydrogen-bond donors (Lipinski definition) is 0. The third kappa shape index (κ3) is 2.76. The van der Waals surface area contributed by atoms with Crippen LogP contribution in [0.2, 0.25) is 0 Å². The molecule has 4 aromatic rings. The number of hydrogen-bond acceptors (Lipinski definition) is 6. The molecule has 0 saturated heterocycles. The molecule has 8 heteroatoms. The zero-order valence-corrected chi connectivity index (χ0v) is 12.8. The van der Waals surface area contributed by atoms with Gasteiger partial charge in [0.15, 0.2) is 5.65 Å². The van der Waals surface area contributed by atoms with E-state index in [9.17, 15) is 10.1 Å². The first-order valence-electron chi connectivity index (χ1n) is 7.39. The first-order chi connectivity index (χ1) is 12.2. The number of para-hydroxylation sites is 1. The van der Waals surface area contributed by atoms with Crippen molar-refractivity contribution in [3.05, 3.63) is 77.2 Å². The first-order valence-corrected chi connectivity index (χ1v) is 7.39. The maximum Gasteiger partial charge on any atom is 0.269 e. The smallest absolute Gasteiger partial charge is 0.269 e. The van der Waals surface area contributed by atoms with Gasteiger partial charge < -0.3 is 4.74 Å². The number of nitrogens with zero attached hydrogens (tertiary/aromatic N) is 5. The second kappa shape index (κ2) is 6.00. The molecule has 4 rings (SSSR count). The molecule has 0 unspecified atom stereocenters. The van der Waals surface area contributed by atoms with E-state index in [0.717, 1.165) is 5.69 Å². The lowest BCUT2D eigenvalue weighted by molar-refractivity contribution is -0.384. The molecule has 8 nitrogen and oxygen atoms in total. The summed E-state index contributed by atoms with van der Waals surface area (Å²) in [7, 11) is 0. The van der Waals surface area contributed by atoms with E-state index < -0.39 is 4.92 Å². The summed E-state index contributed by atoms with van der Waals surface area (Å²) in [6, 6.07) is 15.4. The van der Waals surface area contributed by atoms with E-state index >= 15 is 0 Å². The second-order valence-corrected chi connectivity index (χ2v) is 5.16. The molecule has 0 radical (unpaired) electrons. The number of rotatable bonds is 4. The molecule has 25 heavy (non-hydrogen) atoms. The molecule has 2 heterocycles. The summed E-state index contributed by atoms with van der Waals surface area (Å²) in [6.07, 6.45) is 3.02. The quantitative estimate of drug-likeness (QED) is 0.419. The van der Waals surface area contributed by atoms with Crippen molar-refractivity contribution in [3.8, 4) is 17.3 Å². The van der Waals surface area contributed by atoms with Gasteiger partial charge in [0.2, 0.25) is 5.88 Å². The topological polar surface area (TPSA) is 96.0 Å². The van der Waals surface area contributed by atoms with Crippen LogP contribution in [-0.2, 0) is 0 Å².